The summed E-state index contributed by atoms with van der Waals surface area (Å²) in [6, 6.07) is -0.136. The van der Waals surface area contributed by atoms with E-state index in [1.54, 1.807) is 0 Å². The fourth-order valence-electron chi connectivity index (χ4n) is 3.16. The van der Waals surface area contributed by atoms with Crippen LogP contribution in [0.1, 0.15) is 107 Å². The Bertz CT molecular complexity index is 498. The first-order valence-electron chi connectivity index (χ1n) is 11.5. The summed E-state index contributed by atoms with van der Waals surface area (Å²) in [6.07, 6.45) is 5.59. The number of ether oxygens (including phenoxy) is 1. The number of ketones is 1. The van der Waals surface area contributed by atoms with Crippen molar-refractivity contribution in [2.24, 2.45) is 5.41 Å². The summed E-state index contributed by atoms with van der Waals surface area (Å²) in [5.74, 6) is 0.367. The molecule has 0 fully saturated rings. The molecule has 0 aromatic rings. The maximum absolute atomic E-state index is 13.0. The van der Waals surface area contributed by atoms with Crippen molar-refractivity contribution in [2.75, 3.05) is 13.2 Å². The molecule has 1 amide bonds. The minimum Gasteiger partial charge on any atom is -0.376 e. The fourth-order valence-corrected chi connectivity index (χ4v) is 3.16. The molecule has 0 aliphatic rings. The standard InChI is InChI=1S/C24H48N2O3/c1-10-22(4,5)21(28)19(26-23(6,7)11-2)15-13-14-18-25-20(27)16-17-24(8,9)29-12-3/h19,26H,10-18H2,1-9H3,(H,25,27)/t19-/m0/s1. The van der Waals surface area contributed by atoms with E-state index in [-0.39, 0.29) is 28.5 Å². The molecule has 0 radical (unpaired) electrons. The minimum absolute atomic E-state index is 0.0638. The van der Waals surface area contributed by atoms with Gasteiger partial charge in [0.15, 0.2) is 5.78 Å². The van der Waals surface area contributed by atoms with Crippen LogP contribution in [0.4, 0.5) is 0 Å². The summed E-state index contributed by atoms with van der Waals surface area (Å²) < 4.78 is 5.64. The van der Waals surface area contributed by atoms with E-state index in [0.29, 0.717) is 31.8 Å². The molecule has 0 aliphatic carbocycles. The fraction of sp³-hybridized carbons (Fsp3) is 0.917. The molecule has 0 saturated carbocycles. The van der Waals surface area contributed by atoms with Gasteiger partial charge < -0.3 is 15.4 Å². The number of Topliss-reactive ketones (excluding diaryl/α,β-unsaturated/α-hetero) is 1. The monoisotopic (exact) mass is 412 g/mol. The van der Waals surface area contributed by atoms with Crippen molar-refractivity contribution < 1.29 is 14.3 Å². The third kappa shape index (κ3) is 11.7. The van der Waals surface area contributed by atoms with E-state index in [2.05, 4.69) is 38.3 Å². The second kappa shape index (κ2) is 12.7. The van der Waals surface area contributed by atoms with Gasteiger partial charge in [0.2, 0.25) is 5.91 Å². The second-order valence-electron chi connectivity index (χ2n) is 10.1. The molecule has 1 atom stereocenters. The molecule has 0 spiro atoms. The average molecular weight is 413 g/mol. The number of hydrogen-bond acceptors (Lipinski definition) is 4. The van der Waals surface area contributed by atoms with Gasteiger partial charge in [-0.05, 0) is 73.1 Å². The Morgan fingerprint density at radius 2 is 1.55 bits per heavy atom. The molecule has 172 valence electrons. The Labute approximate surface area is 180 Å². The Hall–Kier alpha value is -0.940. The van der Waals surface area contributed by atoms with Crippen LogP contribution in [0.25, 0.3) is 0 Å². The third-order valence-corrected chi connectivity index (χ3v) is 6.05. The van der Waals surface area contributed by atoms with Gasteiger partial charge in [-0.3, -0.25) is 9.59 Å². The molecule has 0 heterocycles. The maximum Gasteiger partial charge on any atom is 0.220 e. The normalized spacial score (nSPS) is 14.0. The predicted octanol–water partition coefficient (Wildman–Crippen LogP) is 5.02. The van der Waals surface area contributed by atoms with Crippen molar-refractivity contribution in [3.8, 4) is 0 Å². The molecule has 0 unspecified atom stereocenters. The zero-order chi connectivity index (χ0) is 22.7. The lowest BCUT2D eigenvalue weighted by molar-refractivity contribution is -0.130. The van der Waals surface area contributed by atoms with Crippen LogP contribution in [0.5, 0.6) is 0 Å². The number of nitrogens with one attached hydrogen (secondary N) is 2. The molecule has 29 heavy (non-hydrogen) atoms. The summed E-state index contributed by atoms with van der Waals surface area (Å²) in [6.45, 7) is 19.9. The first-order valence-corrected chi connectivity index (χ1v) is 11.5. The van der Waals surface area contributed by atoms with Gasteiger partial charge in [-0.25, -0.2) is 0 Å². The van der Waals surface area contributed by atoms with Crippen LogP contribution in [0, 0.1) is 5.41 Å². The highest BCUT2D eigenvalue weighted by Crippen LogP contribution is 2.26. The second-order valence-corrected chi connectivity index (χ2v) is 10.1. The van der Waals surface area contributed by atoms with Crippen molar-refractivity contribution in [1.82, 2.24) is 10.6 Å². The van der Waals surface area contributed by atoms with Gasteiger partial charge >= 0.3 is 0 Å². The van der Waals surface area contributed by atoms with E-state index < -0.39 is 0 Å². The molecular formula is C24H48N2O3. The smallest absolute Gasteiger partial charge is 0.220 e. The first kappa shape index (κ1) is 28.1. The van der Waals surface area contributed by atoms with Gasteiger partial charge in [0.05, 0.1) is 11.6 Å². The number of rotatable bonds is 16. The lowest BCUT2D eigenvalue weighted by atomic mass is 9.80. The number of hydrogen-bond donors (Lipinski definition) is 2. The molecule has 0 aromatic heterocycles. The summed E-state index contributed by atoms with van der Waals surface area (Å²) in [7, 11) is 0. The Morgan fingerprint density at radius 3 is 2.07 bits per heavy atom. The molecule has 0 bridgehead atoms. The van der Waals surface area contributed by atoms with Crippen LogP contribution in [-0.4, -0.2) is 42.0 Å². The van der Waals surface area contributed by atoms with E-state index in [1.807, 2.05) is 34.6 Å². The van der Waals surface area contributed by atoms with E-state index >= 15 is 0 Å². The van der Waals surface area contributed by atoms with Gasteiger partial charge in [0.25, 0.3) is 0 Å². The summed E-state index contributed by atoms with van der Waals surface area (Å²) in [5.41, 5.74) is -0.641. The highest BCUT2D eigenvalue weighted by molar-refractivity contribution is 5.89. The van der Waals surface area contributed by atoms with Crippen molar-refractivity contribution in [3.05, 3.63) is 0 Å². The third-order valence-electron chi connectivity index (χ3n) is 6.05. The summed E-state index contributed by atoms with van der Waals surface area (Å²) in [4.78, 5) is 25.1. The molecule has 5 heteroatoms. The van der Waals surface area contributed by atoms with Gasteiger partial charge in [-0.1, -0.05) is 27.7 Å². The van der Waals surface area contributed by atoms with E-state index in [9.17, 15) is 9.59 Å². The molecular weight excluding hydrogens is 364 g/mol. The average Bonchev–Trinajstić information content (AvgIpc) is 2.64. The van der Waals surface area contributed by atoms with Gasteiger partial charge in [-0.2, -0.15) is 0 Å². The van der Waals surface area contributed by atoms with Crippen LogP contribution in [0.3, 0.4) is 0 Å². The largest absolute Gasteiger partial charge is 0.376 e. The summed E-state index contributed by atoms with van der Waals surface area (Å²) >= 11 is 0. The van der Waals surface area contributed by atoms with Gasteiger partial charge in [0.1, 0.15) is 0 Å². The molecule has 5 nitrogen and oxygen atoms in total. The summed E-state index contributed by atoms with van der Waals surface area (Å²) in [5, 5.41) is 6.58. The molecule has 0 aliphatic heterocycles. The zero-order valence-corrected chi connectivity index (χ0v) is 20.7. The zero-order valence-electron chi connectivity index (χ0n) is 20.7. The van der Waals surface area contributed by atoms with Crippen LogP contribution in [-0.2, 0) is 14.3 Å². The Balaban J connectivity index is 4.47. The van der Waals surface area contributed by atoms with Gasteiger partial charge in [0, 0.05) is 30.5 Å². The highest BCUT2D eigenvalue weighted by Gasteiger charge is 2.34. The molecule has 2 N–H and O–H groups in total. The topological polar surface area (TPSA) is 67.4 Å². The van der Waals surface area contributed by atoms with Crippen LogP contribution in [0.2, 0.25) is 0 Å². The van der Waals surface area contributed by atoms with Crippen LogP contribution >= 0.6 is 0 Å². The molecule has 0 saturated heterocycles. The number of unbranched alkanes of at least 4 members (excludes halogenated alkanes) is 1. The van der Waals surface area contributed by atoms with Crippen LogP contribution < -0.4 is 10.6 Å². The number of amides is 1. The van der Waals surface area contributed by atoms with E-state index in [1.165, 1.54) is 0 Å². The van der Waals surface area contributed by atoms with Gasteiger partial charge in [-0.15, -0.1) is 0 Å². The van der Waals surface area contributed by atoms with E-state index in [0.717, 1.165) is 32.1 Å². The number of carbonyl (C=O) groups excluding carboxylic acids is 2. The first-order chi connectivity index (χ1) is 13.3. The van der Waals surface area contributed by atoms with Crippen molar-refractivity contribution in [3.63, 3.8) is 0 Å². The minimum atomic E-state index is -0.316. The van der Waals surface area contributed by atoms with Crippen molar-refractivity contribution >= 4 is 11.7 Å². The highest BCUT2D eigenvalue weighted by atomic mass is 16.5. The lowest BCUT2D eigenvalue weighted by Crippen LogP contribution is -2.52. The Kier molecular flexibility index (Phi) is 12.3. The van der Waals surface area contributed by atoms with E-state index in [4.69, 9.17) is 4.74 Å². The lowest BCUT2D eigenvalue weighted by Gasteiger charge is -2.34. The quantitative estimate of drug-likeness (QED) is 0.349. The van der Waals surface area contributed by atoms with Crippen molar-refractivity contribution in [1.29, 1.82) is 0 Å². The number of carbonyl (C=O) groups is 2. The Morgan fingerprint density at radius 1 is 0.931 bits per heavy atom. The molecule has 0 aromatic carbocycles. The van der Waals surface area contributed by atoms with Crippen molar-refractivity contribution in [2.45, 2.75) is 124 Å². The van der Waals surface area contributed by atoms with Crippen LogP contribution in [0.15, 0.2) is 0 Å². The predicted molar refractivity (Wildman–Crippen MR) is 122 cm³/mol. The maximum atomic E-state index is 13.0. The molecule has 0 rings (SSSR count). The SMILES string of the molecule is CCOC(C)(C)CCC(=O)NCCCC[C@H](NC(C)(C)CC)C(=O)C(C)(C)CC.